The van der Waals surface area contributed by atoms with E-state index in [4.69, 9.17) is 5.11 Å². The third-order valence-corrected chi connectivity index (χ3v) is 4.53. The molecule has 1 unspecified atom stereocenters. The highest BCUT2D eigenvalue weighted by atomic mass is 16.4. The van der Waals surface area contributed by atoms with Crippen molar-refractivity contribution in [1.29, 1.82) is 0 Å². The van der Waals surface area contributed by atoms with Gasteiger partial charge in [0.15, 0.2) is 0 Å². The fourth-order valence-electron chi connectivity index (χ4n) is 3.10. The standard InChI is InChI=1S/C20H20N2O4/c1-12-6-7-13(2)17(8-12)22-11-15(10-18(22)23)19(24)21-16-5-3-4-14(9-16)20(25)26/h3-9,15H,10-11H2,1-2H3,(H,21,24)(H,25,26). The van der Waals surface area contributed by atoms with E-state index in [1.54, 1.807) is 17.0 Å². The van der Waals surface area contributed by atoms with Crippen LogP contribution in [0.25, 0.3) is 0 Å². The Bertz CT molecular complexity index is 891. The van der Waals surface area contributed by atoms with Gasteiger partial charge in [-0.05, 0) is 49.2 Å². The van der Waals surface area contributed by atoms with Gasteiger partial charge in [0.05, 0.1) is 11.5 Å². The van der Waals surface area contributed by atoms with Gasteiger partial charge in [-0.1, -0.05) is 18.2 Å². The van der Waals surface area contributed by atoms with Gasteiger partial charge in [-0.2, -0.15) is 0 Å². The number of amides is 2. The molecular formula is C20H20N2O4. The number of benzene rings is 2. The van der Waals surface area contributed by atoms with Crippen molar-refractivity contribution in [3.8, 4) is 0 Å². The number of hydrogen-bond donors (Lipinski definition) is 2. The fourth-order valence-corrected chi connectivity index (χ4v) is 3.10. The minimum atomic E-state index is -1.06. The second kappa shape index (κ2) is 7.00. The predicted octanol–water partition coefficient (Wildman–Crippen LogP) is 2.99. The van der Waals surface area contributed by atoms with Gasteiger partial charge in [0.1, 0.15) is 0 Å². The highest BCUT2D eigenvalue weighted by molar-refractivity contribution is 6.04. The van der Waals surface area contributed by atoms with Crippen molar-refractivity contribution in [2.24, 2.45) is 5.92 Å². The molecule has 6 heteroatoms. The van der Waals surface area contributed by atoms with E-state index in [1.165, 1.54) is 12.1 Å². The lowest BCUT2D eigenvalue weighted by atomic mass is 10.1. The average molecular weight is 352 g/mol. The number of rotatable bonds is 4. The van der Waals surface area contributed by atoms with Crippen molar-refractivity contribution in [2.45, 2.75) is 20.3 Å². The first kappa shape index (κ1) is 17.7. The van der Waals surface area contributed by atoms with Crippen LogP contribution in [-0.2, 0) is 9.59 Å². The molecule has 1 aliphatic rings. The largest absolute Gasteiger partial charge is 0.478 e. The van der Waals surface area contributed by atoms with E-state index in [2.05, 4.69) is 5.32 Å². The van der Waals surface area contributed by atoms with Crippen LogP contribution in [-0.4, -0.2) is 29.4 Å². The van der Waals surface area contributed by atoms with Crippen LogP contribution in [0.4, 0.5) is 11.4 Å². The zero-order valence-corrected chi connectivity index (χ0v) is 14.7. The summed E-state index contributed by atoms with van der Waals surface area (Å²) in [6, 6.07) is 12.0. The van der Waals surface area contributed by atoms with Crippen molar-refractivity contribution < 1.29 is 19.5 Å². The first-order valence-electron chi connectivity index (χ1n) is 8.37. The van der Waals surface area contributed by atoms with Crippen LogP contribution in [0.5, 0.6) is 0 Å². The first-order chi connectivity index (χ1) is 12.3. The van der Waals surface area contributed by atoms with E-state index >= 15 is 0 Å². The summed E-state index contributed by atoms with van der Waals surface area (Å²) in [7, 11) is 0. The van der Waals surface area contributed by atoms with Crippen LogP contribution in [0.3, 0.4) is 0 Å². The Kier molecular flexibility index (Phi) is 4.75. The molecule has 3 rings (SSSR count). The third-order valence-electron chi connectivity index (χ3n) is 4.53. The maximum absolute atomic E-state index is 12.5. The molecule has 0 bridgehead atoms. The summed E-state index contributed by atoms with van der Waals surface area (Å²) in [6.07, 6.45) is 0.137. The van der Waals surface area contributed by atoms with E-state index in [1.807, 2.05) is 32.0 Å². The molecule has 6 nitrogen and oxygen atoms in total. The molecule has 2 aromatic carbocycles. The quantitative estimate of drug-likeness (QED) is 0.886. The molecule has 1 heterocycles. The lowest BCUT2D eigenvalue weighted by molar-refractivity contribution is -0.122. The van der Waals surface area contributed by atoms with Crippen molar-refractivity contribution in [2.75, 3.05) is 16.8 Å². The number of carbonyl (C=O) groups is 3. The molecule has 134 valence electrons. The van der Waals surface area contributed by atoms with Crippen molar-refractivity contribution >= 4 is 29.2 Å². The van der Waals surface area contributed by atoms with Gasteiger partial charge in [-0.3, -0.25) is 9.59 Å². The number of nitrogens with one attached hydrogen (secondary N) is 1. The molecule has 0 aliphatic carbocycles. The lowest BCUT2D eigenvalue weighted by Gasteiger charge is -2.19. The molecule has 1 saturated heterocycles. The molecule has 26 heavy (non-hydrogen) atoms. The normalized spacial score (nSPS) is 16.6. The Morgan fingerprint density at radius 3 is 2.65 bits per heavy atom. The van der Waals surface area contributed by atoms with E-state index in [9.17, 15) is 14.4 Å². The van der Waals surface area contributed by atoms with E-state index < -0.39 is 11.9 Å². The van der Waals surface area contributed by atoms with Crippen molar-refractivity contribution in [1.82, 2.24) is 0 Å². The SMILES string of the molecule is Cc1ccc(C)c(N2CC(C(=O)Nc3cccc(C(=O)O)c3)CC2=O)c1. The monoisotopic (exact) mass is 352 g/mol. The number of carboxylic acids is 1. The number of anilines is 2. The average Bonchev–Trinajstić information content (AvgIpc) is 2.99. The van der Waals surface area contributed by atoms with Gasteiger partial charge >= 0.3 is 5.97 Å². The summed E-state index contributed by atoms with van der Waals surface area (Å²) in [4.78, 5) is 37.6. The molecule has 1 fully saturated rings. The van der Waals surface area contributed by atoms with Crippen LogP contribution >= 0.6 is 0 Å². The predicted molar refractivity (Wildman–Crippen MR) is 98.4 cm³/mol. The number of carbonyl (C=O) groups excluding carboxylic acids is 2. The Balaban J connectivity index is 1.74. The number of aryl methyl sites for hydroxylation is 2. The highest BCUT2D eigenvalue weighted by Gasteiger charge is 2.35. The Morgan fingerprint density at radius 1 is 1.15 bits per heavy atom. The number of nitrogens with zero attached hydrogens (tertiary/aromatic N) is 1. The summed E-state index contributed by atoms with van der Waals surface area (Å²) < 4.78 is 0. The Morgan fingerprint density at radius 2 is 1.92 bits per heavy atom. The maximum atomic E-state index is 12.5. The van der Waals surface area contributed by atoms with Crippen LogP contribution in [0, 0.1) is 19.8 Å². The summed E-state index contributed by atoms with van der Waals surface area (Å²) in [5, 5.41) is 11.8. The summed E-state index contributed by atoms with van der Waals surface area (Å²) in [5.74, 6) is -1.90. The number of carboxylic acid groups (broad SMARTS) is 1. The van der Waals surface area contributed by atoms with Gasteiger partial charge < -0.3 is 15.3 Å². The third kappa shape index (κ3) is 3.59. The zero-order chi connectivity index (χ0) is 18.8. The molecule has 0 aromatic heterocycles. The molecular weight excluding hydrogens is 332 g/mol. The van der Waals surface area contributed by atoms with Gasteiger partial charge in [-0.25, -0.2) is 4.79 Å². The van der Waals surface area contributed by atoms with E-state index in [0.29, 0.717) is 12.2 Å². The summed E-state index contributed by atoms with van der Waals surface area (Å²) >= 11 is 0. The van der Waals surface area contributed by atoms with Crippen molar-refractivity contribution in [3.63, 3.8) is 0 Å². The molecule has 2 amide bonds. The lowest BCUT2D eigenvalue weighted by Crippen LogP contribution is -2.28. The Labute approximate surface area is 151 Å². The van der Waals surface area contributed by atoms with Crippen LogP contribution in [0.2, 0.25) is 0 Å². The fraction of sp³-hybridized carbons (Fsp3) is 0.250. The van der Waals surface area contributed by atoms with Gasteiger partial charge in [0.2, 0.25) is 11.8 Å². The van der Waals surface area contributed by atoms with Gasteiger partial charge in [-0.15, -0.1) is 0 Å². The smallest absolute Gasteiger partial charge is 0.335 e. The minimum absolute atomic E-state index is 0.0851. The molecule has 2 aromatic rings. The molecule has 0 spiro atoms. The molecule has 0 radical (unpaired) electrons. The molecule has 1 aliphatic heterocycles. The molecule has 1 atom stereocenters. The maximum Gasteiger partial charge on any atom is 0.335 e. The zero-order valence-electron chi connectivity index (χ0n) is 14.7. The van der Waals surface area contributed by atoms with Crippen LogP contribution < -0.4 is 10.2 Å². The summed E-state index contributed by atoms with van der Waals surface area (Å²) in [6.45, 7) is 4.21. The molecule has 2 N–H and O–H groups in total. The number of hydrogen-bond acceptors (Lipinski definition) is 3. The van der Waals surface area contributed by atoms with E-state index in [0.717, 1.165) is 16.8 Å². The second-order valence-electron chi connectivity index (χ2n) is 6.57. The number of aromatic carboxylic acids is 1. The Hall–Kier alpha value is -3.15. The first-order valence-corrected chi connectivity index (χ1v) is 8.37. The summed E-state index contributed by atoms with van der Waals surface area (Å²) in [5.41, 5.74) is 3.38. The minimum Gasteiger partial charge on any atom is -0.478 e. The van der Waals surface area contributed by atoms with Crippen molar-refractivity contribution in [3.05, 3.63) is 59.2 Å². The molecule has 0 saturated carbocycles. The van der Waals surface area contributed by atoms with Crippen LogP contribution in [0.1, 0.15) is 27.9 Å². The highest BCUT2D eigenvalue weighted by Crippen LogP contribution is 2.29. The second-order valence-corrected chi connectivity index (χ2v) is 6.57. The van der Waals surface area contributed by atoms with Crippen LogP contribution in [0.15, 0.2) is 42.5 Å². The van der Waals surface area contributed by atoms with Gasteiger partial charge in [0, 0.05) is 24.3 Å². The topological polar surface area (TPSA) is 86.7 Å². The van der Waals surface area contributed by atoms with E-state index in [-0.39, 0.29) is 23.8 Å². The van der Waals surface area contributed by atoms with Gasteiger partial charge in [0.25, 0.3) is 0 Å².